The Morgan fingerprint density at radius 2 is 0.618 bits per heavy atom. The number of benzene rings is 11. The molecule has 0 spiro atoms. The number of para-hydroxylation sites is 6. The lowest BCUT2D eigenvalue weighted by Gasteiger charge is -2.27. The van der Waals surface area contributed by atoms with Crippen LogP contribution in [0.2, 0.25) is 0 Å². The van der Waals surface area contributed by atoms with Crippen LogP contribution in [-0.2, 0) is 0 Å². The van der Waals surface area contributed by atoms with E-state index in [1.54, 1.807) is 22.7 Å². The lowest BCUT2D eigenvalue weighted by molar-refractivity contribution is 1.03. The third kappa shape index (κ3) is 5.35. The van der Waals surface area contributed by atoms with Gasteiger partial charge >= 0.3 is 0 Å². The first-order valence-electron chi connectivity index (χ1n) is 25.3. The Bertz CT molecular complexity index is 5260. The number of thiophene rings is 2. The van der Waals surface area contributed by atoms with E-state index in [4.69, 9.17) is 4.85 Å². The van der Waals surface area contributed by atoms with Crippen molar-refractivity contribution in [2.75, 3.05) is 0 Å². The maximum Gasteiger partial charge on any atom is 0.237 e. The molecule has 0 bridgehead atoms. The van der Waals surface area contributed by atoms with Gasteiger partial charge in [-0.05, 0) is 72.8 Å². The van der Waals surface area contributed by atoms with Gasteiger partial charge in [0.15, 0.2) is 0 Å². The molecule has 0 atom stereocenters. The highest BCUT2D eigenvalue weighted by molar-refractivity contribution is 7.26. The average molecular weight is 1000 g/mol. The molecule has 0 radical (unpaired) electrons. The molecular weight excluding hydrogens is 965 g/mol. The molecule has 0 aliphatic rings. The molecule has 0 amide bonds. The summed E-state index contributed by atoms with van der Waals surface area (Å²) in [6, 6.07) is 80.9. The maximum atomic E-state index is 12.6. The number of hydrogen-bond acceptors (Lipinski definition) is 3. The summed E-state index contributed by atoms with van der Waals surface area (Å²) in [6.45, 7) is 9.84. The number of nitriles is 1. The SMILES string of the molecule is [C-]#[N+]c1c(-n2c3ccccc3c3cc4c(cc32)sc2ccccc24)c(C#N)c(-n2c3ccccc3c3ccccc32)c(-n2c3ccccc3c3cc4c(cc32)sc2ccccc24)c1-n1c2ccccc2c2ccccc21. The zero-order valence-corrected chi connectivity index (χ0v) is 41.9. The summed E-state index contributed by atoms with van der Waals surface area (Å²) >= 11 is 3.57. The molecule has 0 saturated heterocycles. The van der Waals surface area contributed by atoms with Crippen LogP contribution in [0.15, 0.2) is 218 Å². The van der Waals surface area contributed by atoms with Crippen LogP contribution in [0.1, 0.15) is 5.56 Å². The minimum Gasteiger partial charge on any atom is -0.317 e. The van der Waals surface area contributed by atoms with E-state index in [-0.39, 0.29) is 0 Å². The minimum absolute atomic E-state index is 0.371. The van der Waals surface area contributed by atoms with Crippen LogP contribution in [0, 0.1) is 17.9 Å². The summed E-state index contributed by atoms with van der Waals surface area (Å²) in [4.78, 5) is 4.81. The zero-order chi connectivity index (χ0) is 49.9. The summed E-state index contributed by atoms with van der Waals surface area (Å²) in [5.41, 5.74) is 11.0. The fourth-order valence-corrected chi connectivity index (χ4v) is 15.2. The van der Waals surface area contributed by atoms with E-state index >= 15 is 0 Å². The molecule has 6 aromatic heterocycles. The van der Waals surface area contributed by atoms with E-state index in [2.05, 4.69) is 243 Å². The Labute approximate surface area is 441 Å². The van der Waals surface area contributed by atoms with Gasteiger partial charge < -0.3 is 18.3 Å². The van der Waals surface area contributed by atoms with Crippen LogP contribution in [0.3, 0.4) is 0 Å². The smallest absolute Gasteiger partial charge is 0.237 e. The van der Waals surface area contributed by atoms with Gasteiger partial charge in [-0.25, -0.2) is 4.85 Å². The standard InChI is InChI=1S/C68H36N6S2/c1-70-64-65(73-56-30-14-6-22-43(56)47-34-49-45-24-8-16-32-60(45)75-62(49)36-58(47)73)51(38-69)66(71-52-26-10-2-18-39(52)40-19-3-11-27-53(40)71)68(67(64)72-54-28-12-4-20-41(54)42-21-5-13-29-55(42)72)74-57-31-15-7-23-44(57)48-35-50-46-25-9-17-33-61(46)76-63(50)37-59(48)74/h2-37H. The monoisotopic (exact) mass is 1000 g/mol. The van der Waals surface area contributed by atoms with Crippen LogP contribution >= 0.6 is 22.7 Å². The second-order valence-corrected chi connectivity index (χ2v) is 21.9. The molecular formula is C68H36N6S2. The lowest BCUT2D eigenvalue weighted by atomic mass is 10.0. The molecule has 0 aliphatic heterocycles. The van der Waals surface area contributed by atoms with Gasteiger partial charge in [-0.15, -0.1) is 22.7 Å². The van der Waals surface area contributed by atoms with Gasteiger partial charge in [-0.2, -0.15) is 5.26 Å². The van der Waals surface area contributed by atoms with Crippen molar-refractivity contribution in [2.24, 2.45) is 0 Å². The minimum atomic E-state index is 0.371. The first-order chi connectivity index (χ1) is 37.7. The number of fused-ring (bicyclic) bond motifs is 18. The predicted molar refractivity (Wildman–Crippen MR) is 321 cm³/mol. The Hall–Kier alpha value is -9.96. The van der Waals surface area contributed by atoms with Gasteiger partial charge in [0.2, 0.25) is 5.69 Å². The van der Waals surface area contributed by atoms with Gasteiger partial charge in [0.1, 0.15) is 6.07 Å². The van der Waals surface area contributed by atoms with Crippen molar-refractivity contribution in [1.82, 2.24) is 18.3 Å². The lowest BCUT2D eigenvalue weighted by Crippen LogP contribution is -2.14. The van der Waals surface area contributed by atoms with Crippen LogP contribution in [0.4, 0.5) is 5.69 Å². The summed E-state index contributed by atoms with van der Waals surface area (Å²) in [5.74, 6) is 0. The van der Waals surface area contributed by atoms with E-state index in [1.165, 1.54) is 30.9 Å². The highest BCUT2D eigenvalue weighted by Gasteiger charge is 2.35. The van der Waals surface area contributed by atoms with E-state index in [0.717, 1.165) is 102 Å². The fraction of sp³-hybridized carbons (Fsp3) is 0. The molecule has 76 heavy (non-hydrogen) atoms. The van der Waals surface area contributed by atoms with Gasteiger partial charge in [0.05, 0.1) is 79.0 Å². The Morgan fingerprint density at radius 1 is 0.303 bits per heavy atom. The highest BCUT2D eigenvalue weighted by Crippen LogP contribution is 2.53. The number of aromatic nitrogens is 4. The van der Waals surface area contributed by atoms with Crippen molar-refractivity contribution in [3.8, 4) is 28.8 Å². The van der Waals surface area contributed by atoms with Crippen molar-refractivity contribution in [3.63, 3.8) is 0 Å². The number of hydrogen-bond donors (Lipinski definition) is 0. The number of rotatable bonds is 4. The molecule has 0 fully saturated rings. The molecule has 17 aromatic rings. The Morgan fingerprint density at radius 3 is 1.00 bits per heavy atom. The van der Waals surface area contributed by atoms with Gasteiger partial charge in [0, 0.05) is 83.4 Å². The molecule has 350 valence electrons. The first kappa shape index (κ1) is 41.5. The molecule has 17 rings (SSSR count). The summed E-state index contributed by atoms with van der Waals surface area (Å²) < 4.78 is 14.0. The van der Waals surface area contributed by atoms with Crippen molar-refractivity contribution < 1.29 is 0 Å². The zero-order valence-electron chi connectivity index (χ0n) is 40.3. The topological polar surface area (TPSA) is 47.9 Å². The molecule has 0 saturated carbocycles. The van der Waals surface area contributed by atoms with Crippen LogP contribution < -0.4 is 0 Å². The van der Waals surface area contributed by atoms with Crippen molar-refractivity contribution in [2.45, 2.75) is 0 Å². The Kier molecular flexibility index (Phi) is 8.36. The van der Waals surface area contributed by atoms with E-state index in [9.17, 15) is 11.8 Å². The average Bonchev–Trinajstić information content (AvgIpc) is 4.45. The molecule has 8 heteroatoms. The predicted octanol–water partition coefficient (Wildman–Crippen LogP) is 19.2. The molecule has 0 unspecified atom stereocenters. The highest BCUT2D eigenvalue weighted by atomic mass is 32.1. The van der Waals surface area contributed by atoms with Crippen molar-refractivity contribution in [3.05, 3.63) is 235 Å². The van der Waals surface area contributed by atoms with Crippen LogP contribution in [0.25, 0.3) is 155 Å². The molecule has 6 nitrogen and oxygen atoms in total. The third-order valence-corrected chi connectivity index (χ3v) is 18.3. The largest absolute Gasteiger partial charge is 0.317 e. The van der Waals surface area contributed by atoms with Gasteiger partial charge in [-0.1, -0.05) is 146 Å². The van der Waals surface area contributed by atoms with E-state index < -0.39 is 0 Å². The fourth-order valence-electron chi connectivity index (χ4n) is 12.9. The van der Waals surface area contributed by atoms with E-state index in [0.29, 0.717) is 28.3 Å². The Balaban J connectivity index is 1.18. The molecule has 11 aromatic carbocycles. The molecule has 0 aliphatic carbocycles. The van der Waals surface area contributed by atoms with E-state index in [1.807, 2.05) is 0 Å². The molecule has 0 N–H and O–H groups in total. The van der Waals surface area contributed by atoms with Crippen molar-refractivity contribution >= 4 is 156 Å². The second-order valence-electron chi connectivity index (χ2n) is 19.7. The van der Waals surface area contributed by atoms with Gasteiger partial charge in [0.25, 0.3) is 0 Å². The van der Waals surface area contributed by atoms with Crippen LogP contribution in [0.5, 0.6) is 0 Å². The number of nitrogens with zero attached hydrogens (tertiary/aromatic N) is 6. The quantitative estimate of drug-likeness (QED) is 0.162. The third-order valence-electron chi connectivity index (χ3n) is 16.0. The molecule has 6 heterocycles. The van der Waals surface area contributed by atoms with Gasteiger partial charge in [-0.3, -0.25) is 0 Å². The summed E-state index contributed by atoms with van der Waals surface area (Å²) in [5, 5.41) is 26.0. The summed E-state index contributed by atoms with van der Waals surface area (Å²) in [7, 11) is 0. The second kappa shape index (κ2) is 15.3. The van der Waals surface area contributed by atoms with Crippen LogP contribution in [-0.4, -0.2) is 18.3 Å². The summed E-state index contributed by atoms with van der Waals surface area (Å²) in [6.07, 6.45) is 0. The normalized spacial score (nSPS) is 12.2. The first-order valence-corrected chi connectivity index (χ1v) is 27.0. The van der Waals surface area contributed by atoms with Crippen molar-refractivity contribution in [1.29, 1.82) is 5.26 Å². The maximum absolute atomic E-state index is 12.6.